The Morgan fingerprint density at radius 1 is 0.974 bits per heavy atom. The van der Waals surface area contributed by atoms with Crippen molar-refractivity contribution in [1.82, 2.24) is 0 Å². The average Bonchev–Trinajstić information content (AvgIpc) is 3.08. The molecule has 0 bridgehead atoms. The van der Waals surface area contributed by atoms with Gasteiger partial charge in [0.2, 0.25) is 0 Å². The van der Waals surface area contributed by atoms with Gasteiger partial charge in [-0.3, -0.25) is 4.55 Å². The first kappa shape index (κ1) is 30.7. The lowest BCUT2D eigenvalue weighted by Crippen LogP contribution is -2.69. The van der Waals surface area contributed by atoms with E-state index < -0.39 is 39.7 Å². The molecule has 12 atom stereocenters. The van der Waals surface area contributed by atoms with Gasteiger partial charge >= 0.3 is 10.4 Å². The van der Waals surface area contributed by atoms with Crippen molar-refractivity contribution in [2.75, 3.05) is 6.61 Å². The van der Waals surface area contributed by atoms with Crippen LogP contribution in [0.4, 0.5) is 0 Å². The summed E-state index contributed by atoms with van der Waals surface area (Å²) in [4.78, 5) is 0. The van der Waals surface area contributed by atoms with Crippen LogP contribution in [0.5, 0.6) is 0 Å². The minimum atomic E-state index is -4.42. The molecule has 0 aromatic heterocycles. The second-order valence-electron chi connectivity index (χ2n) is 14.3. The average molecular weight is 561 g/mol. The Bertz CT molecular complexity index is 941. The Balaban J connectivity index is 1.47. The molecule has 4 rings (SSSR count). The molecule has 4 saturated carbocycles. The first-order valence-corrected chi connectivity index (χ1v) is 16.3. The Morgan fingerprint density at radius 3 is 2.29 bits per heavy atom. The lowest BCUT2D eigenvalue weighted by molar-refractivity contribution is -0.268. The highest BCUT2D eigenvalue weighted by atomic mass is 32.3. The van der Waals surface area contributed by atoms with Gasteiger partial charge in [0, 0.05) is 11.8 Å². The van der Waals surface area contributed by atoms with Gasteiger partial charge in [0.15, 0.2) is 0 Å². The van der Waals surface area contributed by atoms with Crippen LogP contribution in [0.25, 0.3) is 0 Å². The van der Waals surface area contributed by atoms with Crippen molar-refractivity contribution in [1.29, 1.82) is 0 Å². The molecule has 0 spiro atoms. The predicted octanol–water partition coefficient (Wildman–Crippen LogP) is 3.96. The van der Waals surface area contributed by atoms with Gasteiger partial charge in [-0.1, -0.05) is 41.0 Å². The maximum atomic E-state index is 11.7. The number of aliphatic hydroxyl groups excluding tert-OH is 3. The van der Waals surface area contributed by atoms with Gasteiger partial charge in [-0.05, 0) is 98.2 Å². The van der Waals surface area contributed by atoms with E-state index in [1.807, 2.05) is 0 Å². The van der Waals surface area contributed by atoms with Crippen molar-refractivity contribution < 1.29 is 37.6 Å². The summed E-state index contributed by atoms with van der Waals surface area (Å²) >= 11 is 0. The Labute approximate surface area is 229 Å². The molecule has 5 N–H and O–H groups in total. The van der Waals surface area contributed by atoms with E-state index >= 15 is 0 Å². The highest BCUT2D eigenvalue weighted by Gasteiger charge is 2.68. The largest absolute Gasteiger partial charge is 0.397 e. The molecule has 0 unspecified atom stereocenters. The Kier molecular flexibility index (Phi) is 8.75. The van der Waals surface area contributed by atoms with Crippen LogP contribution in [0, 0.1) is 52.3 Å². The normalized spacial score (nSPS) is 46.8. The van der Waals surface area contributed by atoms with Gasteiger partial charge < -0.3 is 20.4 Å². The molecule has 0 amide bonds. The maximum Gasteiger partial charge on any atom is 0.397 e. The van der Waals surface area contributed by atoms with Crippen molar-refractivity contribution in [3.05, 3.63) is 0 Å². The zero-order valence-electron chi connectivity index (χ0n) is 23.9. The molecule has 8 nitrogen and oxygen atoms in total. The van der Waals surface area contributed by atoms with Gasteiger partial charge in [0.05, 0.1) is 30.5 Å². The fraction of sp³-hybridized carbons (Fsp3) is 1.00. The van der Waals surface area contributed by atoms with E-state index in [0.717, 1.165) is 32.1 Å². The van der Waals surface area contributed by atoms with Crippen LogP contribution in [0.15, 0.2) is 0 Å². The SMILES string of the molecule is CC(C)[C@@H](CCOS(=O)(=O)O)CC[C@@H](C)[C@H]1C[C@H](O)[C@H]2[C@@H]3C[C@@H](O)[C@@]4(O)C[C@@H](O)CC[C@]4(C)[C@H]3CC[C@@]21C. The third-order valence-electron chi connectivity index (χ3n) is 12.2. The highest BCUT2D eigenvalue weighted by Crippen LogP contribution is 2.69. The summed E-state index contributed by atoms with van der Waals surface area (Å²) in [5.74, 6) is 1.82. The summed E-state index contributed by atoms with van der Waals surface area (Å²) < 4.78 is 35.3. The summed E-state index contributed by atoms with van der Waals surface area (Å²) in [7, 11) is -4.42. The fourth-order valence-electron chi connectivity index (χ4n) is 10.1. The maximum absolute atomic E-state index is 11.7. The van der Waals surface area contributed by atoms with E-state index in [9.17, 15) is 28.8 Å². The molecule has 0 radical (unpaired) electrons. The van der Waals surface area contributed by atoms with Crippen molar-refractivity contribution in [2.45, 2.75) is 123 Å². The fourth-order valence-corrected chi connectivity index (χ4v) is 10.4. The number of aliphatic hydroxyl groups is 4. The summed E-state index contributed by atoms with van der Waals surface area (Å²) in [5.41, 5.74) is -1.78. The summed E-state index contributed by atoms with van der Waals surface area (Å²) in [5, 5.41) is 44.8. The van der Waals surface area contributed by atoms with E-state index in [2.05, 4.69) is 38.8 Å². The molecule has 0 heterocycles. The van der Waals surface area contributed by atoms with Gasteiger partial charge in [-0.15, -0.1) is 0 Å². The van der Waals surface area contributed by atoms with Crippen LogP contribution in [-0.2, 0) is 14.6 Å². The Hall–Kier alpha value is -0.290. The van der Waals surface area contributed by atoms with E-state index in [-0.39, 0.29) is 42.1 Å². The number of rotatable bonds is 9. The Morgan fingerprint density at radius 2 is 1.66 bits per heavy atom. The second-order valence-corrected chi connectivity index (χ2v) is 15.4. The molecule has 222 valence electrons. The quantitative estimate of drug-likeness (QED) is 0.267. The van der Waals surface area contributed by atoms with Crippen LogP contribution >= 0.6 is 0 Å². The topological polar surface area (TPSA) is 145 Å². The van der Waals surface area contributed by atoms with Crippen molar-refractivity contribution in [2.24, 2.45) is 52.3 Å². The summed E-state index contributed by atoms with van der Waals surface area (Å²) in [6.07, 6.45) is 5.31. The summed E-state index contributed by atoms with van der Waals surface area (Å²) in [6.45, 7) is 11.0. The minimum Gasteiger partial charge on any atom is -0.393 e. The van der Waals surface area contributed by atoms with Crippen molar-refractivity contribution in [3.63, 3.8) is 0 Å². The predicted molar refractivity (Wildman–Crippen MR) is 144 cm³/mol. The van der Waals surface area contributed by atoms with Gasteiger partial charge in [-0.25, -0.2) is 4.18 Å². The van der Waals surface area contributed by atoms with E-state index in [1.54, 1.807) is 0 Å². The van der Waals surface area contributed by atoms with Crippen molar-refractivity contribution in [3.8, 4) is 0 Å². The molecule has 4 fully saturated rings. The first-order chi connectivity index (χ1) is 17.5. The van der Waals surface area contributed by atoms with Crippen LogP contribution in [0.1, 0.15) is 98.8 Å². The molecule has 38 heavy (non-hydrogen) atoms. The van der Waals surface area contributed by atoms with E-state index in [0.29, 0.717) is 43.4 Å². The smallest absolute Gasteiger partial charge is 0.393 e. The molecule has 0 aromatic carbocycles. The number of fused-ring (bicyclic) bond motifs is 5. The number of hydrogen-bond acceptors (Lipinski definition) is 7. The van der Waals surface area contributed by atoms with Gasteiger partial charge in [0.25, 0.3) is 0 Å². The summed E-state index contributed by atoms with van der Waals surface area (Å²) in [6, 6.07) is 0. The van der Waals surface area contributed by atoms with E-state index in [1.165, 1.54) is 0 Å². The molecular weight excluding hydrogens is 508 g/mol. The van der Waals surface area contributed by atoms with Crippen LogP contribution in [-0.4, -0.2) is 63.9 Å². The number of hydrogen-bond donors (Lipinski definition) is 5. The zero-order valence-corrected chi connectivity index (χ0v) is 24.7. The van der Waals surface area contributed by atoms with Crippen LogP contribution in [0.3, 0.4) is 0 Å². The molecule has 9 heteroatoms. The lowest BCUT2D eigenvalue weighted by Gasteiger charge is -2.65. The highest BCUT2D eigenvalue weighted by molar-refractivity contribution is 7.80. The monoisotopic (exact) mass is 560 g/mol. The lowest BCUT2D eigenvalue weighted by atomic mass is 9.42. The molecule has 0 aliphatic heterocycles. The molecular formula is C29H52O8S. The second kappa shape index (κ2) is 10.8. The molecule has 4 aliphatic rings. The minimum absolute atomic E-state index is 0.0223. The van der Waals surface area contributed by atoms with Crippen LogP contribution < -0.4 is 0 Å². The molecule has 4 aliphatic carbocycles. The van der Waals surface area contributed by atoms with Gasteiger partial charge in [0.1, 0.15) is 0 Å². The third kappa shape index (κ3) is 5.35. The third-order valence-corrected chi connectivity index (χ3v) is 12.7. The standard InChI is InChI=1S/C29H52O8S/c1-17(2)19(10-13-37-38(34,35)36)7-6-18(3)23-15-24(31)26-21-14-25(32)29(33)16-20(30)8-12-28(29,5)22(21)9-11-27(23,26)4/h17-26,30-33H,6-16H2,1-5H3,(H,34,35,36)/t18-,19-,20+,21-,22+,23-,24+,25-,26-,27-,28-,29+/m1/s1. The van der Waals surface area contributed by atoms with Crippen molar-refractivity contribution >= 4 is 10.4 Å². The van der Waals surface area contributed by atoms with E-state index in [4.69, 9.17) is 4.55 Å². The molecule has 0 aromatic rings. The molecule has 0 saturated heterocycles. The van der Waals surface area contributed by atoms with Gasteiger partial charge in [-0.2, -0.15) is 8.42 Å². The first-order valence-electron chi connectivity index (χ1n) is 14.9. The van der Waals surface area contributed by atoms with Crippen LogP contribution in [0.2, 0.25) is 0 Å². The zero-order chi connectivity index (χ0) is 28.3.